The molecule has 0 fully saturated rings. The fourth-order valence-electron chi connectivity index (χ4n) is 4.76. The van der Waals surface area contributed by atoms with Crippen molar-refractivity contribution in [1.82, 2.24) is 29.9 Å². The molecule has 0 saturated heterocycles. The van der Waals surface area contributed by atoms with Crippen LogP contribution in [-0.2, 0) is 11.8 Å². The minimum Gasteiger partial charge on any atom is -0.444 e. The number of ether oxygens (including phenoxy) is 1. The van der Waals surface area contributed by atoms with Crippen LogP contribution in [-0.4, -0.2) is 67.6 Å². The fraction of sp³-hybridized carbons (Fsp3) is 0.370. The molecule has 11 heteroatoms. The van der Waals surface area contributed by atoms with Gasteiger partial charge in [-0.25, -0.2) is 14.8 Å². The van der Waals surface area contributed by atoms with Crippen molar-refractivity contribution in [3.8, 4) is 0 Å². The maximum atomic E-state index is 12.8. The van der Waals surface area contributed by atoms with E-state index in [1.807, 2.05) is 63.1 Å². The molecule has 1 N–H and O–H groups in total. The summed E-state index contributed by atoms with van der Waals surface area (Å²) in [5.41, 5.74) is 2.45. The standard InChI is InChI=1S/C27H30N8O2S/c1-27(2,3)37-26(36)34-10-6-8-18(15-34)20-16-35-21(19-12-30-33(4)14-19)13-29-24(35)23(31-20)32-22-11-17-7-5-9-28-25(17)38-22/h5,7-9,11-12,14,16,21H,6,10,13,15H2,1-4H3,(H,31,32). The largest absolute Gasteiger partial charge is 0.444 e. The van der Waals surface area contributed by atoms with Gasteiger partial charge in [-0.05, 0) is 44.9 Å². The molecule has 0 aromatic carbocycles. The lowest BCUT2D eigenvalue weighted by Crippen LogP contribution is -2.46. The van der Waals surface area contributed by atoms with Crippen molar-refractivity contribution in [1.29, 1.82) is 0 Å². The Balaban J connectivity index is 1.34. The average molecular weight is 531 g/mol. The van der Waals surface area contributed by atoms with Crippen LogP contribution in [0.15, 0.2) is 70.3 Å². The summed E-state index contributed by atoms with van der Waals surface area (Å²) in [7, 11) is 1.92. The number of aromatic nitrogens is 3. The number of fused-ring (bicyclic) bond motifs is 2. The van der Waals surface area contributed by atoms with Crippen molar-refractivity contribution in [3.63, 3.8) is 0 Å². The summed E-state index contributed by atoms with van der Waals surface area (Å²) in [6.45, 7) is 7.33. The van der Waals surface area contributed by atoms with Gasteiger partial charge in [0.15, 0.2) is 11.7 Å². The van der Waals surface area contributed by atoms with Crippen LogP contribution in [0.3, 0.4) is 0 Å². The Morgan fingerprint density at radius 2 is 2.18 bits per heavy atom. The predicted molar refractivity (Wildman–Crippen MR) is 149 cm³/mol. The predicted octanol–water partition coefficient (Wildman–Crippen LogP) is 4.53. The van der Waals surface area contributed by atoms with Crippen molar-refractivity contribution in [3.05, 3.63) is 65.9 Å². The van der Waals surface area contributed by atoms with Crippen LogP contribution < -0.4 is 5.32 Å². The Kier molecular flexibility index (Phi) is 6.02. The molecule has 0 bridgehead atoms. The van der Waals surface area contributed by atoms with Gasteiger partial charge in [0.2, 0.25) is 0 Å². The first-order chi connectivity index (χ1) is 18.2. The van der Waals surface area contributed by atoms with E-state index in [1.165, 1.54) is 0 Å². The number of pyridine rings is 1. The number of nitrogens with one attached hydrogen (secondary N) is 1. The average Bonchev–Trinajstić information content (AvgIpc) is 3.60. The number of aliphatic imine (C=N–C) groups is 2. The van der Waals surface area contributed by atoms with E-state index in [0.29, 0.717) is 25.5 Å². The molecular weight excluding hydrogens is 500 g/mol. The van der Waals surface area contributed by atoms with Gasteiger partial charge in [-0.3, -0.25) is 9.67 Å². The van der Waals surface area contributed by atoms with Crippen molar-refractivity contribution in [2.45, 2.75) is 38.8 Å². The van der Waals surface area contributed by atoms with Crippen molar-refractivity contribution in [2.75, 3.05) is 19.6 Å². The maximum absolute atomic E-state index is 12.8. The van der Waals surface area contributed by atoms with Crippen LogP contribution in [0.4, 0.5) is 9.80 Å². The zero-order valence-electron chi connectivity index (χ0n) is 21.9. The highest BCUT2D eigenvalue weighted by Crippen LogP contribution is 2.34. The summed E-state index contributed by atoms with van der Waals surface area (Å²) in [5.74, 6) is 1.46. The number of hydrogen-bond acceptors (Lipinski definition) is 8. The Hall–Kier alpha value is -3.99. The molecule has 1 unspecified atom stereocenters. The highest BCUT2D eigenvalue weighted by Gasteiger charge is 2.36. The number of amidine groups is 2. The van der Waals surface area contributed by atoms with Crippen molar-refractivity contribution < 1.29 is 9.53 Å². The summed E-state index contributed by atoms with van der Waals surface area (Å²) < 4.78 is 7.45. The molecule has 196 valence electrons. The molecular formula is C27H30N8O2S. The Labute approximate surface area is 225 Å². The van der Waals surface area contributed by atoms with Crippen LogP contribution in [0.2, 0.25) is 0 Å². The van der Waals surface area contributed by atoms with E-state index in [0.717, 1.165) is 44.3 Å². The summed E-state index contributed by atoms with van der Waals surface area (Å²) >= 11 is 1.54. The molecule has 3 aromatic heterocycles. The number of hydrogen-bond donors (Lipinski definition) is 1. The second-order valence-electron chi connectivity index (χ2n) is 10.6. The van der Waals surface area contributed by atoms with E-state index < -0.39 is 5.60 Å². The summed E-state index contributed by atoms with van der Waals surface area (Å²) in [5, 5.41) is 9.81. The molecule has 1 atom stereocenters. The Morgan fingerprint density at radius 1 is 1.32 bits per heavy atom. The fourth-order valence-corrected chi connectivity index (χ4v) is 5.64. The van der Waals surface area contributed by atoms with Gasteiger partial charge in [0.25, 0.3) is 0 Å². The number of carbonyl (C=O) groups excluding carboxylic acids is 1. The van der Waals surface area contributed by atoms with Crippen LogP contribution >= 0.6 is 11.3 Å². The Bertz CT molecular complexity index is 1490. The second-order valence-corrected chi connectivity index (χ2v) is 11.6. The molecule has 3 aromatic rings. The van der Waals surface area contributed by atoms with E-state index in [9.17, 15) is 4.79 Å². The summed E-state index contributed by atoms with van der Waals surface area (Å²) in [6, 6.07) is 6.02. The molecule has 0 radical (unpaired) electrons. The number of nitrogens with zero attached hydrogens (tertiary/aromatic N) is 7. The van der Waals surface area contributed by atoms with E-state index in [4.69, 9.17) is 14.7 Å². The van der Waals surface area contributed by atoms with E-state index >= 15 is 0 Å². The van der Waals surface area contributed by atoms with E-state index in [1.54, 1.807) is 22.4 Å². The Morgan fingerprint density at radius 3 is 2.95 bits per heavy atom. The number of aryl methyl sites for hydroxylation is 1. The summed E-state index contributed by atoms with van der Waals surface area (Å²) in [4.78, 5) is 32.0. The van der Waals surface area contributed by atoms with Gasteiger partial charge in [-0.2, -0.15) is 5.10 Å². The zero-order chi connectivity index (χ0) is 26.4. The van der Waals surface area contributed by atoms with Crippen LogP contribution in [0.1, 0.15) is 38.8 Å². The highest BCUT2D eigenvalue weighted by atomic mass is 32.1. The molecule has 1 amide bonds. The van der Waals surface area contributed by atoms with Gasteiger partial charge in [-0.15, -0.1) is 0 Å². The van der Waals surface area contributed by atoms with Crippen LogP contribution in [0.5, 0.6) is 0 Å². The summed E-state index contributed by atoms with van der Waals surface area (Å²) in [6.07, 6.45) is 10.4. The second kappa shape index (κ2) is 9.39. The number of thiophene rings is 1. The minimum absolute atomic E-state index is 0.0104. The van der Waals surface area contributed by atoms with Crippen molar-refractivity contribution >= 4 is 44.3 Å². The van der Waals surface area contributed by atoms with Crippen molar-refractivity contribution in [2.24, 2.45) is 17.0 Å². The number of amides is 1. The third kappa shape index (κ3) is 4.81. The first kappa shape index (κ1) is 24.4. The molecule has 0 spiro atoms. The maximum Gasteiger partial charge on any atom is 0.410 e. The van der Waals surface area contributed by atoms with Gasteiger partial charge in [0.1, 0.15) is 15.4 Å². The molecule has 10 nitrogen and oxygen atoms in total. The lowest BCUT2D eigenvalue weighted by molar-refractivity contribution is 0.0263. The van der Waals surface area contributed by atoms with Gasteiger partial charge in [0, 0.05) is 43.1 Å². The SMILES string of the molecule is Cn1cc(C2CN=C3C(=Nc4cc5cccnc5s4)NC(C4=CCCN(C(=O)OC(C)(C)C)C4)=CN32)cn1. The third-order valence-electron chi connectivity index (χ3n) is 6.49. The number of rotatable bonds is 3. The minimum atomic E-state index is -0.544. The van der Waals surface area contributed by atoms with Crippen LogP contribution in [0, 0.1) is 0 Å². The lowest BCUT2D eigenvalue weighted by atomic mass is 10.0. The highest BCUT2D eigenvalue weighted by molar-refractivity contribution is 7.22. The number of carbonyl (C=O) groups is 1. The van der Waals surface area contributed by atoms with Gasteiger partial charge >= 0.3 is 6.09 Å². The monoisotopic (exact) mass is 530 g/mol. The first-order valence-electron chi connectivity index (χ1n) is 12.6. The molecule has 0 saturated carbocycles. The smallest absolute Gasteiger partial charge is 0.410 e. The molecule has 6 rings (SSSR count). The lowest BCUT2D eigenvalue weighted by Gasteiger charge is -2.34. The normalized spacial score (nSPS) is 20.7. The molecule has 6 heterocycles. The molecule has 3 aliphatic heterocycles. The molecule has 0 aliphatic carbocycles. The van der Waals surface area contributed by atoms with E-state index in [2.05, 4.69) is 32.6 Å². The van der Waals surface area contributed by atoms with Gasteiger partial charge in [0.05, 0.1) is 31.0 Å². The molecule has 38 heavy (non-hydrogen) atoms. The van der Waals surface area contributed by atoms with E-state index in [-0.39, 0.29) is 12.1 Å². The third-order valence-corrected chi connectivity index (χ3v) is 7.44. The zero-order valence-corrected chi connectivity index (χ0v) is 22.7. The topological polar surface area (TPSA) is 100 Å². The first-order valence-corrected chi connectivity index (χ1v) is 13.5. The molecule has 3 aliphatic rings. The van der Waals surface area contributed by atoms with Gasteiger partial charge < -0.3 is 19.9 Å². The van der Waals surface area contributed by atoms with Gasteiger partial charge in [-0.1, -0.05) is 23.5 Å². The van der Waals surface area contributed by atoms with Crippen LogP contribution in [0.25, 0.3) is 10.2 Å². The quantitative estimate of drug-likeness (QED) is 0.534.